The van der Waals surface area contributed by atoms with Gasteiger partial charge in [-0.05, 0) is 25.5 Å². The van der Waals surface area contributed by atoms with Gasteiger partial charge in [0.1, 0.15) is 0 Å². The molecule has 7 heteroatoms. The van der Waals surface area contributed by atoms with Crippen LogP contribution in [0.1, 0.15) is 22.5 Å². The Morgan fingerprint density at radius 2 is 2.19 bits per heavy atom. The monoisotopic (exact) mass is 307 g/mol. The van der Waals surface area contributed by atoms with Crippen LogP contribution in [-0.2, 0) is 9.84 Å². The normalized spacial score (nSPS) is 20.8. The van der Waals surface area contributed by atoms with Crippen LogP contribution in [0.25, 0.3) is 10.9 Å². The molecule has 1 N–H and O–H groups in total. The van der Waals surface area contributed by atoms with E-state index in [1.165, 1.54) is 4.90 Å². The van der Waals surface area contributed by atoms with Gasteiger partial charge in [-0.15, -0.1) is 0 Å². The highest BCUT2D eigenvalue weighted by molar-refractivity contribution is 7.91. The second-order valence-electron chi connectivity index (χ2n) is 5.59. The van der Waals surface area contributed by atoms with Gasteiger partial charge in [-0.3, -0.25) is 9.89 Å². The van der Waals surface area contributed by atoms with Crippen molar-refractivity contribution in [1.29, 1.82) is 0 Å². The molecule has 1 atom stereocenters. The average molecular weight is 307 g/mol. The fourth-order valence-electron chi connectivity index (χ4n) is 2.70. The number of H-pyrrole nitrogens is 1. The first-order chi connectivity index (χ1) is 9.87. The lowest BCUT2D eigenvalue weighted by Gasteiger charge is -2.22. The lowest BCUT2D eigenvalue weighted by Crippen LogP contribution is -2.38. The summed E-state index contributed by atoms with van der Waals surface area (Å²) < 4.78 is 23.1. The van der Waals surface area contributed by atoms with Crippen LogP contribution < -0.4 is 0 Å². The lowest BCUT2D eigenvalue weighted by atomic mass is 10.1. The zero-order valence-corrected chi connectivity index (χ0v) is 12.8. The molecule has 1 aromatic heterocycles. The fourth-order valence-corrected chi connectivity index (χ4v) is 4.48. The van der Waals surface area contributed by atoms with Gasteiger partial charge >= 0.3 is 0 Å². The molecule has 1 unspecified atom stereocenters. The molecule has 0 spiro atoms. The van der Waals surface area contributed by atoms with Crippen molar-refractivity contribution < 1.29 is 13.2 Å². The number of hydrogen-bond donors (Lipinski definition) is 1. The maximum Gasteiger partial charge on any atom is 0.275 e. The van der Waals surface area contributed by atoms with Crippen molar-refractivity contribution in [2.45, 2.75) is 19.4 Å². The number of aryl methyl sites for hydroxylation is 1. The molecule has 2 heterocycles. The Morgan fingerprint density at radius 1 is 1.43 bits per heavy atom. The first-order valence-corrected chi connectivity index (χ1v) is 8.62. The van der Waals surface area contributed by atoms with Crippen LogP contribution in [0.4, 0.5) is 0 Å². The van der Waals surface area contributed by atoms with Crippen LogP contribution in [0.5, 0.6) is 0 Å². The summed E-state index contributed by atoms with van der Waals surface area (Å²) in [6.45, 7) is 1.95. The molecule has 0 aliphatic carbocycles. The standard InChI is InChI=1S/C14H17N3O3S/c1-9-3-4-12-11(7-9)13(16-15-12)14(18)17(2)10-5-6-21(19,20)8-10/h3-4,7,10H,5-6,8H2,1-2H3,(H,15,16). The molecule has 1 amide bonds. The highest BCUT2D eigenvalue weighted by Crippen LogP contribution is 2.22. The minimum absolute atomic E-state index is 0.0383. The minimum Gasteiger partial charge on any atom is -0.336 e. The molecular weight excluding hydrogens is 290 g/mol. The number of nitrogens with one attached hydrogen (secondary N) is 1. The summed E-state index contributed by atoms with van der Waals surface area (Å²) in [6.07, 6.45) is 0.492. The molecule has 0 radical (unpaired) electrons. The summed E-state index contributed by atoms with van der Waals surface area (Å²) in [5, 5.41) is 7.71. The molecule has 21 heavy (non-hydrogen) atoms. The second kappa shape index (κ2) is 4.84. The molecule has 1 aliphatic rings. The van der Waals surface area contributed by atoms with Gasteiger partial charge in [-0.1, -0.05) is 11.6 Å². The SMILES string of the molecule is Cc1ccc2[nH]nc(C(=O)N(C)C3CCS(=O)(=O)C3)c2c1. The molecule has 1 aliphatic heterocycles. The van der Waals surface area contributed by atoms with Gasteiger partial charge in [-0.25, -0.2) is 8.42 Å². The van der Waals surface area contributed by atoms with Crippen LogP contribution in [0.2, 0.25) is 0 Å². The van der Waals surface area contributed by atoms with Crippen molar-refractivity contribution in [3.8, 4) is 0 Å². The first kappa shape index (κ1) is 14.1. The second-order valence-corrected chi connectivity index (χ2v) is 7.82. The number of hydrogen-bond acceptors (Lipinski definition) is 4. The third-order valence-electron chi connectivity index (χ3n) is 4.00. The van der Waals surface area contributed by atoms with Crippen molar-refractivity contribution in [2.24, 2.45) is 0 Å². The molecule has 0 saturated carbocycles. The Hall–Kier alpha value is -1.89. The van der Waals surface area contributed by atoms with Crippen molar-refractivity contribution in [2.75, 3.05) is 18.6 Å². The number of rotatable bonds is 2. The molecule has 1 aromatic carbocycles. The Bertz CT molecular complexity index is 810. The summed E-state index contributed by atoms with van der Waals surface area (Å²) >= 11 is 0. The zero-order valence-electron chi connectivity index (χ0n) is 12.0. The minimum atomic E-state index is -3.01. The van der Waals surface area contributed by atoms with Crippen LogP contribution in [0.15, 0.2) is 18.2 Å². The quantitative estimate of drug-likeness (QED) is 0.901. The summed E-state index contributed by atoms with van der Waals surface area (Å²) in [6, 6.07) is 5.47. The molecule has 1 fully saturated rings. The number of aromatic amines is 1. The maximum absolute atomic E-state index is 12.6. The molecule has 6 nitrogen and oxygen atoms in total. The number of nitrogens with zero attached hydrogens (tertiary/aromatic N) is 2. The summed E-state index contributed by atoms with van der Waals surface area (Å²) in [7, 11) is -1.37. The lowest BCUT2D eigenvalue weighted by molar-refractivity contribution is 0.0743. The number of carbonyl (C=O) groups is 1. The number of fused-ring (bicyclic) bond motifs is 1. The summed E-state index contributed by atoms with van der Waals surface area (Å²) in [4.78, 5) is 14.1. The molecule has 3 rings (SSSR count). The molecule has 0 bridgehead atoms. The average Bonchev–Trinajstić information content (AvgIpc) is 3.00. The third-order valence-corrected chi connectivity index (χ3v) is 5.75. The number of carbonyl (C=O) groups excluding carboxylic acids is 1. The van der Waals surface area contributed by atoms with Gasteiger partial charge in [0.25, 0.3) is 5.91 Å². The Balaban J connectivity index is 1.92. The van der Waals surface area contributed by atoms with Gasteiger partial charge in [0, 0.05) is 18.5 Å². The number of aromatic nitrogens is 2. The fraction of sp³-hybridized carbons (Fsp3) is 0.429. The Kier molecular flexibility index (Phi) is 3.24. The maximum atomic E-state index is 12.6. The van der Waals surface area contributed by atoms with E-state index in [9.17, 15) is 13.2 Å². The van der Waals surface area contributed by atoms with Crippen LogP contribution in [0.3, 0.4) is 0 Å². The van der Waals surface area contributed by atoms with E-state index in [4.69, 9.17) is 0 Å². The molecule has 112 valence electrons. The summed E-state index contributed by atoms with van der Waals surface area (Å²) in [5.74, 6) is -0.0549. The smallest absolute Gasteiger partial charge is 0.275 e. The van der Waals surface area contributed by atoms with Crippen LogP contribution in [0, 0.1) is 6.92 Å². The van der Waals surface area contributed by atoms with Gasteiger partial charge in [0.05, 0.1) is 17.0 Å². The van der Waals surface area contributed by atoms with Gasteiger partial charge in [-0.2, -0.15) is 5.10 Å². The van der Waals surface area contributed by atoms with Gasteiger partial charge < -0.3 is 4.90 Å². The van der Waals surface area contributed by atoms with E-state index in [1.807, 2.05) is 25.1 Å². The van der Waals surface area contributed by atoms with E-state index < -0.39 is 9.84 Å². The van der Waals surface area contributed by atoms with Gasteiger partial charge in [0.2, 0.25) is 0 Å². The number of benzene rings is 1. The predicted octanol–water partition coefficient (Wildman–Crippen LogP) is 1.13. The zero-order chi connectivity index (χ0) is 15.2. The molecular formula is C14H17N3O3S. The van der Waals surface area contributed by atoms with E-state index in [1.54, 1.807) is 7.05 Å². The predicted molar refractivity (Wildman–Crippen MR) is 80.0 cm³/mol. The van der Waals surface area contributed by atoms with E-state index in [0.717, 1.165) is 16.5 Å². The first-order valence-electron chi connectivity index (χ1n) is 6.80. The van der Waals surface area contributed by atoms with Crippen LogP contribution >= 0.6 is 0 Å². The molecule has 1 saturated heterocycles. The van der Waals surface area contributed by atoms with Crippen molar-refractivity contribution >= 4 is 26.6 Å². The largest absolute Gasteiger partial charge is 0.336 e. The van der Waals surface area contributed by atoms with Crippen LogP contribution in [-0.4, -0.2) is 54.0 Å². The van der Waals surface area contributed by atoms with Crippen molar-refractivity contribution in [3.05, 3.63) is 29.5 Å². The molecule has 2 aromatic rings. The summed E-state index contributed by atoms with van der Waals surface area (Å²) in [5.41, 5.74) is 2.20. The van der Waals surface area contributed by atoms with E-state index in [-0.39, 0.29) is 23.5 Å². The van der Waals surface area contributed by atoms with Crippen molar-refractivity contribution in [1.82, 2.24) is 15.1 Å². The topological polar surface area (TPSA) is 83.1 Å². The van der Waals surface area contributed by atoms with Gasteiger partial charge in [0.15, 0.2) is 15.5 Å². The highest BCUT2D eigenvalue weighted by atomic mass is 32.2. The third kappa shape index (κ3) is 2.53. The van der Waals surface area contributed by atoms with E-state index >= 15 is 0 Å². The number of amides is 1. The Morgan fingerprint density at radius 3 is 2.86 bits per heavy atom. The highest BCUT2D eigenvalue weighted by Gasteiger charge is 2.34. The van der Waals surface area contributed by atoms with Crippen molar-refractivity contribution in [3.63, 3.8) is 0 Å². The number of sulfone groups is 1. The van der Waals surface area contributed by atoms with E-state index in [2.05, 4.69) is 10.2 Å². The van der Waals surface area contributed by atoms with E-state index in [0.29, 0.717) is 12.1 Å². The Labute approximate surface area is 123 Å².